The maximum absolute atomic E-state index is 3.65. The number of rotatable bonds is 3. The van der Waals surface area contributed by atoms with Gasteiger partial charge in [-0.2, -0.15) is 0 Å². The molecular weight excluding hydrogens is 105 g/mol. The smallest absolute Gasteiger partial charge is 0.00420 e. The van der Waals surface area contributed by atoms with Crippen LogP contribution >= 0.6 is 8.73 Å². The maximum atomic E-state index is 3.65. The molecule has 2 heteroatoms. The molecule has 1 N–H and O–H groups in total. The molecule has 0 radical (unpaired) electrons. The van der Waals surface area contributed by atoms with E-state index in [-0.39, 0.29) is 0 Å². The zero-order chi connectivity index (χ0) is 5.70. The van der Waals surface area contributed by atoms with Crippen LogP contribution in [0.3, 0.4) is 0 Å². The molecule has 0 bridgehead atoms. The minimum absolute atomic E-state index is 0.630. The van der Waals surface area contributed by atoms with Crippen molar-refractivity contribution in [2.45, 2.75) is 12.6 Å². The van der Waals surface area contributed by atoms with Gasteiger partial charge in [-0.05, 0) is 15.8 Å². The highest BCUT2D eigenvalue weighted by atomic mass is 31.1. The summed E-state index contributed by atoms with van der Waals surface area (Å²) in [5.41, 5.74) is 0.630. The number of hydrogen-bond acceptors (Lipinski definition) is 1. The molecule has 42 valence electrons. The summed E-state index contributed by atoms with van der Waals surface area (Å²) in [6.45, 7) is 5.79. The highest BCUT2D eigenvalue weighted by molar-refractivity contribution is 7.36. The van der Waals surface area contributed by atoms with Crippen molar-refractivity contribution in [3.8, 4) is 0 Å². The zero-order valence-corrected chi connectivity index (χ0v) is 5.86. The molecule has 1 nitrogen and oxygen atoms in total. The Balaban J connectivity index is 2.98. The largest absolute Gasteiger partial charge is 0.301 e. The van der Waals surface area contributed by atoms with Gasteiger partial charge in [-0.1, -0.05) is 13.0 Å². The molecule has 7 heavy (non-hydrogen) atoms. The van der Waals surface area contributed by atoms with Crippen LogP contribution in [-0.4, -0.2) is 12.7 Å². The molecule has 0 aliphatic rings. The lowest BCUT2D eigenvalue weighted by Crippen LogP contribution is -1.96. The van der Waals surface area contributed by atoms with Crippen LogP contribution < -0.4 is 5.09 Å². The molecule has 0 aliphatic carbocycles. The quantitative estimate of drug-likeness (QED) is 0.435. The summed E-state index contributed by atoms with van der Waals surface area (Å²) in [7, 11) is 2.78. The number of allylic oxidation sites excluding steroid dienone is 1. The molecule has 0 heterocycles. The van der Waals surface area contributed by atoms with Gasteiger partial charge in [-0.15, -0.1) is 6.58 Å². The van der Waals surface area contributed by atoms with Gasteiger partial charge in [-0.3, -0.25) is 0 Å². The van der Waals surface area contributed by atoms with Crippen LogP contribution in [0.25, 0.3) is 0 Å². The second kappa shape index (κ2) is 4.29. The number of nitrogens with one attached hydrogen (secondary N) is 1. The fourth-order valence-corrected chi connectivity index (χ4v) is 0.860. The Morgan fingerprint density at radius 2 is 2.43 bits per heavy atom. The third kappa shape index (κ3) is 3.97. The van der Waals surface area contributed by atoms with Gasteiger partial charge < -0.3 is 5.09 Å². The highest BCUT2D eigenvalue weighted by Gasteiger charge is 1.88. The molecular formula is C5H12NP. The van der Waals surface area contributed by atoms with Crippen molar-refractivity contribution in [2.24, 2.45) is 0 Å². The highest BCUT2D eigenvalue weighted by Crippen LogP contribution is 2.11. The van der Waals surface area contributed by atoms with Crippen LogP contribution in [0.5, 0.6) is 0 Å². The van der Waals surface area contributed by atoms with E-state index in [0.717, 1.165) is 8.73 Å². The second-order valence-corrected chi connectivity index (χ2v) is 3.12. The van der Waals surface area contributed by atoms with Gasteiger partial charge in [0.25, 0.3) is 0 Å². The Morgan fingerprint density at radius 1 is 1.86 bits per heavy atom. The normalized spacial score (nSPS) is 15.1. The Labute approximate surface area is 47.0 Å². The first-order valence-corrected chi connectivity index (χ1v) is 3.43. The summed E-state index contributed by atoms with van der Waals surface area (Å²) in [6.07, 6.45) is 1.95. The van der Waals surface area contributed by atoms with E-state index in [9.17, 15) is 0 Å². The average Bonchev–Trinajstić information content (AvgIpc) is 1.68. The molecule has 0 fully saturated rings. The van der Waals surface area contributed by atoms with Crippen molar-refractivity contribution >= 4 is 8.73 Å². The van der Waals surface area contributed by atoms with Gasteiger partial charge in [0.2, 0.25) is 0 Å². The summed E-state index contributed by atoms with van der Waals surface area (Å²) < 4.78 is 0. The maximum Gasteiger partial charge on any atom is 0.00420 e. The molecule has 2 atom stereocenters. The third-order valence-electron chi connectivity index (χ3n) is 0.726. The molecule has 0 aliphatic heterocycles. The van der Waals surface area contributed by atoms with Crippen molar-refractivity contribution in [1.29, 1.82) is 0 Å². The molecule has 0 rings (SSSR count). The Hall–Kier alpha value is 0.130. The van der Waals surface area contributed by atoms with Crippen molar-refractivity contribution in [3.63, 3.8) is 0 Å². The minimum Gasteiger partial charge on any atom is -0.301 e. The molecule has 0 amide bonds. The van der Waals surface area contributed by atoms with Gasteiger partial charge in [0.15, 0.2) is 0 Å². The standard InChI is InChI=1S/C5H12NP/c1-4-5(2)7-6-3/h4-7H,1H2,2-3H3. The van der Waals surface area contributed by atoms with E-state index in [0.29, 0.717) is 5.66 Å². The summed E-state index contributed by atoms with van der Waals surface area (Å²) in [4.78, 5) is 0. The predicted octanol–water partition coefficient (Wildman–Crippen LogP) is 1.37. The molecule has 0 aromatic carbocycles. The molecule has 0 saturated heterocycles. The lowest BCUT2D eigenvalue weighted by atomic mass is 10.5. The first-order chi connectivity index (χ1) is 3.31. The van der Waals surface area contributed by atoms with Crippen molar-refractivity contribution < 1.29 is 0 Å². The van der Waals surface area contributed by atoms with E-state index < -0.39 is 0 Å². The fourth-order valence-electron chi connectivity index (χ4n) is 0.287. The number of hydrogen-bond donors (Lipinski definition) is 1. The third-order valence-corrected chi connectivity index (χ3v) is 1.71. The first kappa shape index (κ1) is 7.13. The van der Waals surface area contributed by atoms with Crippen LogP contribution in [-0.2, 0) is 0 Å². The van der Waals surface area contributed by atoms with Crippen molar-refractivity contribution in [1.82, 2.24) is 5.09 Å². The summed E-state index contributed by atoms with van der Waals surface area (Å²) >= 11 is 0. The van der Waals surface area contributed by atoms with Gasteiger partial charge in [0.05, 0.1) is 0 Å². The van der Waals surface area contributed by atoms with E-state index in [1.165, 1.54) is 0 Å². The van der Waals surface area contributed by atoms with Crippen molar-refractivity contribution in [2.75, 3.05) is 7.05 Å². The van der Waals surface area contributed by atoms with Gasteiger partial charge >= 0.3 is 0 Å². The topological polar surface area (TPSA) is 12.0 Å². The molecule has 0 saturated carbocycles. The van der Waals surface area contributed by atoms with Gasteiger partial charge in [0.1, 0.15) is 0 Å². The van der Waals surface area contributed by atoms with Gasteiger partial charge in [0, 0.05) is 5.66 Å². The minimum atomic E-state index is 0.630. The summed E-state index contributed by atoms with van der Waals surface area (Å²) in [6, 6.07) is 0. The molecule has 0 spiro atoms. The Bertz CT molecular complexity index is 54.0. The first-order valence-electron chi connectivity index (χ1n) is 2.36. The lowest BCUT2D eigenvalue weighted by Gasteiger charge is -2.00. The van der Waals surface area contributed by atoms with Crippen molar-refractivity contribution in [3.05, 3.63) is 12.7 Å². The van der Waals surface area contributed by atoms with Crippen LogP contribution in [0.2, 0.25) is 0 Å². The van der Waals surface area contributed by atoms with E-state index in [1.54, 1.807) is 0 Å². The van der Waals surface area contributed by atoms with E-state index >= 15 is 0 Å². The molecule has 2 unspecified atom stereocenters. The fraction of sp³-hybridized carbons (Fsp3) is 0.600. The molecule has 0 aromatic heterocycles. The summed E-state index contributed by atoms with van der Waals surface area (Å²) in [5.74, 6) is 0. The van der Waals surface area contributed by atoms with Crippen LogP contribution in [0.1, 0.15) is 6.92 Å². The monoisotopic (exact) mass is 117 g/mol. The van der Waals surface area contributed by atoms with E-state index in [2.05, 4.69) is 18.6 Å². The lowest BCUT2D eigenvalue weighted by molar-refractivity contribution is 1.18. The summed E-state index contributed by atoms with van der Waals surface area (Å²) in [5, 5.41) is 3.07. The molecule has 0 aromatic rings. The average molecular weight is 117 g/mol. The zero-order valence-electron chi connectivity index (χ0n) is 4.86. The van der Waals surface area contributed by atoms with E-state index in [1.807, 2.05) is 13.1 Å². The Kier molecular flexibility index (Phi) is 4.37. The van der Waals surface area contributed by atoms with Crippen LogP contribution in [0, 0.1) is 0 Å². The Morgan fingerprint density at radius 3 is 2.57 bits per heavy atom. The second-order valence-electron chi connectivity index (χ2n) is 1.42. The van der Waals surface area contributed by atoms with Gasteiger partial charge in [-0.25, -0.2) is 0 Å². The van der Waals surface area contributed by atoms with Crippen LogP contribution in [0.15, 0.2) is 12.7 Å². The van der Waals surface area contributed by atoms with Crippen LogP contribution in [0.4, 0.5) is 0 Å². The predicted molar refractivity (Wildman–Crippen MR) is 37.0 cm³/mol. The van der Waals surface area contributed by atoms with E-state index in [4.69, 9.17) is 0 Å². The SMILES string of the molecule is C=CC(C)PNC.